The normalized spacial score (nSPS) is 11.0. The zero-order chi connectivity index (χ0) is 16.5. The van der Waals surface area contributed by atoms with Crippen molar-refractivity contribution in [2.24, 2.45) is 0 Å². The largest absolute Gasteiger partial charge is 0.382 e. The van der Waals surface area contributed by atoms with Gasteiger partial charge in [-0.15, -0.1) is 11.3 Å². The Morgan fingerprint density at radius 1 is 1.26 bits per heavy atom. The van der Waals surface area contributed by atoms with Gasteiger partial charge in [0.25, 0.3) is 0 Å². The van der Waals surface area contributed by atoms with Crippen LogP contribution in [0.1, 0.15) is 18.2 Å². The van der Waals surface area contributed by atoms with Gasteiger partial charge in [0.2, 0.25) is 5.91 Å². The van der Waals surface area contributed by atoms with Crippen LogP contribution in [0, 0.1) is 5.82 Å². The van der Waals surface area contributed by atoms with Crippen molar-refractivity contribution in [1.29, 1.82) is 0 Å². The van der Waals surface area contributed by atoms with E-state index in [1.807, 2.05) is 19.1 Å². The van der Waals surface area contributed by atoms with Crippen LogP contribution >= 0.6 is 11.3 Å². The van der Waals surface area contributed by atoms with Crippen LogP contribution in [-0.2, 0) is 9.53 Å². The van der Waals surface area contributed by atoms with Gasteiger partial charge in [-0.3, -0.25) is 4.79 Å². The summed E-state index contributed by atoms with van der Waals surface area (Å²) in [6.07, 6.45) is 4.12. The van der Waals surface area contributed by atoms with E-state index < -0.39 is 0 Å². The molecule has 0 fully saturated rings. The summed E-state index contributed by atoms with van der Waals surface area (Å²) in [6, 6.07) is 10.3. The molecular weight excluding hydrogens is 313 g/mol. The summed E-state index contributed by atoms with van der Waals surface area (Å²) in [7, 11) is 0. The van der Waals surface area contributed by atoms with E-state index in [2.05, 4.69) is 5.32 Å². The summed E-state index contributed by atoms with van der Waals surface area (Å²) in [5.41, 5.74) is 0.969. The molecule has 1 aromatic heterocycles. The molecule has 2 rings (SSSR count). The molecule has 1 aromatic carbocycles. The van der Waals surface area contributed by atoms with Crippen LogP contribution in [0.15, 0.2) is 42.5 Å². The van der Waals surface area contributed by atoms with Crippen molar-refractivity contribution in [3.63, 3.8) is 0 Å². The molecule has 0 radical (unpaired) electrons. The minimum absolute atomic E-state index is 0.113. The lowest BCUT2D eigenvalue weighted by molar-refractivity contribution is -0.116. The number of hydrogen-bond donors (Lipinski definition) is 1. The van der Waals surface area contributed by atoms with E-state index in [-0.39, 0.29) is 11.7 Å². The number of nitrogens with one attached hydrogen (secondary N) is 1. The topological polar surface area (TPSA) is 38.3 Å². The third-order valence-corrected chi connectivity index (χ3v) is 4.22. The molecular formula is C18H20FNO2S. The van der Waals surface area contributed by atoms with Crippen molar-refractivity contribution >= 4 is 23.3 Å². The van der Waals surface area contributed by atoms with Crippen molar-refractivity contribution in [2.45, 2.75) is 13.3 Å². The van der Waals surface area contributed by atoms with E-state index >= 15 is 0 Å². The molecule has 1 N–H and O–H groups in total. The maximum Gasteiger partial charge on any atom is 0.244 e. The molecule has 3 nitrogen and oxygen atoms in total. The Morgan fingerprint density at radius 2 is 2.04 bits per heavy atom. The summed E-state index contributed by atoms with van der Waals surface area (Å²) < 4.78 is 18.1. The molecule has 0 spiro atoms. The van der Waals surface area contributed by atoms with E-state index in [1.165, 1.54) is 18.2 Å². The maximum atomic E-state index is 12.9. The number of carbonyl (C=O) groups is 1. The molecule has 0 saturated heterocycles. The summed E-state index contributed by atoms with van der Waals surface area (Å²) in [5, 5.41) is 2.81. The first-order valence-electron chi connectivity index (χ1n) is 7.58. The number of halogens is 1. The van der Waals surface area contributed by atoms with Crippen LogP contribution in [0.5, 0.6) is 0 Å². The van der Waals surface area contributed by atoms with Crippen LogP contribution < -0.4 is 5.32 Å². The lowest BCUT2D eigenvalue weighted by atomic mass is 10.2. The molecule has 0 aliphatic heterocycles. The molecule has 1 amide bonds. The third kappa shape index (κ3) is 5.96. The second-order valence-electron chi connectivity index (χ2n) is 4.88. The zero-order valence-corrected chi connectivity index (χ0v) is 13.9. The number of hydrogen-bond acceptors (Lipinski definition) is 3. The second kappa shape index (κ2) is 9.22. The van der Waals surface area contributed by atoms with Crippen molar-refractivity contribution in [1.82, 2.24) is 5.32 Å². The van der Waals surface area contributed by atoms with E-state index in [0.717, 1.165) is 21.7 Å². The fourth-order valence-corrected chi connectivity index (χ4v) is 2.87. The average Bonchev–Trinajstić information content (AvgIpc) is 3.02. The molecule has 23 heavy (non-hydrogen) atoms. The Labute approximate surface area is 139 Å². The summed E-state index contributed by atoms with van der Waals surface area (Å²) >= 11 is 1.56. The zero-order valence-electron chi connectivity index (χ0n) is 13.0. The molecule has 122 valence electrons. The van der Waals surface area contributed by atoms with Gasteiger partial charge in [0, 0.05) is 35.6 Å². The molecule has 0 atom stereocenters. The van der Waals surface area contributed by atoms with Gasteiger partial charge in [0.05, 0.1) is 0 Å². The Bertz CT molecular complexity index is 649. The first-order chi connectivity index (χ1) is 11.2. The van der Waals surface area contributed by atoms with Gasteiger partial charge in [-0.2, -0.15) is 0 Å². The van der Waals surface area contributed by atoms with Crippen LogP contribution in [0.2, 0.25) is 0 Å². The highest BCUT2D eigenvalue weighted by atomic mass is 32.1. The predicted octanol–water partition coefficient (Wildman–Crippen LogP) is 4.11. The van der Waals surface area contributed by atoms with Gasteiger partial charge < -0.3 is 10.1 Å². The molecule has 0 aliphatic carbocycles. The minimum Gasteiger partial charge on any atom is -0.382 e. The average molecular weight is 333 g/mol. The van der Waals surface area contributed by atoms with Crippen LogP contribution in [-0.4, -0.2) is 25.7 Å². The van der Waals surface area contributed by atoms with Crippen molar-refractivity contribution < 1.29 is 13.9 Å². The van der Waals surface area contributed by atoms with Crippen molar-refractivity contribution in [3.8, 4) is 10.4 Å². The van der Waals surface area contributed by atoms with Gasteiger partial charge in [0.15, 0.2) is 0 Å². The summed E-state index contributed by atoms with van der Waals surface area (Å²) in [6.45, 7) is 3.91. The van der Waals surface area contributed by atoms with E-state index in [9.17, 15) is 9.18 Å². The lowest BCUT2D eigenvalue weighted by Gasteiger charge is -2.02. The van der Waals surface area contributed by atoms with E-state index in [4.69, 9.17) is 4.74 Å². The van der Waals surface area contributed by atoms with E-state index in [0.29, 0.717) is 19.8 Å². The molecule has 2 aromatic rings. The first kappa shape index (κ1) is 17.4. The smallest absolute Gasteiger partial charge is 0.244 e. The Kier molecular flexibility index (Phi) is 6.97. The SMILES string of the molecule is CCOCCCNC(=O)C=Cc1ccc(-c2ccc(F)cc2)s1. The highest BCUT2D eigenvalue weighted by Crippen LogP contribution is 2.28. The number of amides is 1. The molecule has 5 heteroatoms. The summed E-state index contributed by atoms with van der Waals surface area (Å²) in [4.78, 5) is 13.7. The van der Waals surface area contributed by atoms with Gasteiger partial charge in [-0.25, -0.2) is 4.39 Å². The minimum atomic E-state index is -0.244. The standard InChI is InChI=1S/C18H20FNO2S/c1-2-22-13-3-12-20-18(21)11-9-16-8-10-17(23-16)14-4-6-15(19)7-5-14/h4-11H,2-3,12-13H2,1H3,(H,20,21). The molecule has 0 unspecified atom stereocenters. The third-order valence-electron chi connectivity index (χ3n) is 3.12. The Balaban J connectivity index is 1.83. The van der Waals surface area contributed by atoms with Gasteiger partial charge in [-0.1, -0.05) is 12.1 Å². The van der Waals surface area contributed by atoms with E-state index in [1.54, 1.807) is 29.5 Å². The Hall–Kier alpha value is -1.98. The van der Waals surface area contributed by atoms with Crippen LogP contribution in [0.3, 0.4) is 0 Å². The number of benzene rings is 1. The molecule has 0 bridgehead atoms. The molecule has 1 heterocycles. The van der Waals surface area contributed by atoms with Crippen LogP contribution in [0.25, 0.3) is 16.5 Å². The number of rotatable bonds is 8. The lowest BCUT2D eigenvalue weighted by Crippen LogP contribution is -2.23. The highest BCUT2D eigenvalue weighted by molar-refractivity contribution is 7.16. The van der Waals surface area contributed by atoms with Crippen molar-refractivity contribution in [3.05, 3.63) is 53.2 Å². The fourth-order valence-electron chi connectivity index (χ4n) is 1.96. The van der Waals surface area contributed by atoms with Gasteiger partial charge in [-0.05, 0) is 49.2 Å². The number of ether oxygens (including phenoxy) is 1. The predicted molar refractivity (Wildman–Crippen MR) is 92.9 cm³/mol. The van der Waals surface area contributed by atoms with Crippen molar-refractivity contribution in [2.75, 3.05) is 19.8 Å². The molecule has 0 aliphatic rings. The molecule has 0 saturated carbocycles. The van der Waals surface area contributed by atoms with Gasteiger partial charge >= 0.3 is 0 Å². The fraction of sp³-hybridized carbons (Fsp3) is 0.278. The second-order valence-corrected chi connectivity index (χ2v) is 6.00. The first-order valence-corrected chi connectivity index (χ1v) is 8.40. The highest BCUT2D eigenvalue weighted by Gasteiger charge is 2.02. The number of carbonyl (C=O) groups excluding carboxylic acids is 1. The van der Waals surface area contributed by atoms with Crippen LogP contribution in [0.4, 0.5) is 4.39 Å². The van der Waals surface area contributed by atoms with Gasteiger partial charge in [0.1, 0.15) is 5.82 Å². The number of thiophene rings is 1. The monoisotopic (exact) mass is 333 g/mol. The quantitative estimate of drug-likeness (QED) is 0.583. The Morgan fingerprint density at radius 3 is 2.78 bits per heavy atom. The summed E-state index contributed by atoms with van der Waals surface area (Å²) in [5.74, 6) is -0.357. The maximum absolute atomic E-state index is 12.9.